The van der Waals surface area contributed by atoms with Crippen LogP contribution in [-0.4, -0.2) is 23.5 Å². The number of hydrogen-bond acceptors (Lipinski definition) is 2. The summed E-state index contributed by atoms with van der Waals surface area (Å²) >= 11 is 0. The minimum absolute atomic E-state index is 0.0446. The van der Waals surface area contributed by atoms with Crippen molar-refractivity contribution < 1.29 is 14.7 Å². The van der Waals surface area contributed by atoms with Crippen LogP contribution in [0.25, 0.3) is 0 Å². The third-order valence-corrected chi connectivity index (χ3v) is 2.66. The predicted molar refractivity (Wildman–Crippen MR) is 51.8 cm³/mol. The van der Waals surface area contributed by atoms with Gasteiger partial charge in [-0.15, -0.1) is 0 Å². The third kappa shape index (κ3) is 2.25. The van der Waals surface area contributed by atoms with Gasteiger partial charge in [0, 0.05) is 6.54 Å². The summed E-state index contributed by atoms with van der Waals surface area (Å²) in [5.41, 5.74) is -0.653. The van der Waals surface area contributed by atoms with Crippen LogP contribution in [0.1, 0.15) is 33.1 Å². The molecule has 0 radical (unpaired) electrons. The number of amides is 1. The van der Waals surface area contributed by atoms with Gasteiger partial charge in [0.2, 0.25) is 5.91 Å². The molecular weight excluding hydrogens is 182 g/mol. The Hall–Kier alpha value is -1.06. The lowest BCUT2D eigenvalue weighted by Crippen LogP contribution is -2.34. The average molecular weight is 199 g/mol. The van der Waals surface area contributed by atoms with Crippen molar-refractivity contribution in [2.24, 2.45) is 11.3 Å². The summed E-state index contributed by atoms with van der Waals surface area (Å²) < 4.78 is 0. The molecule has 2 N–H and O–H groups in total. The van der Waals surface area contributed by atoms with E-state index >= 15 is 0 Å². The average Bonchev–Trinajstić information content (AvgIpc) is 2.29. The first-order valence-electron chi connectivity index (χ1n) is 4.96. The highest BCUT2D eigenvalue weighted by molar-refractivity contribution is 5.88. The van der Waals surface area contributed by atoms with Crippen LogP contribution < -0.4 is 5.32 Å². The van der Waals surface area contributed by atoms with Gasteiger partial charge in [-0.05, 0) is 18.8 Å². The number of carbonyl (C=O) groups excluding carboxylic acids is 1. The molecule has 1 fully saturated rings. The molecule has 1 aliphatic rings. The van der Waals surface area contributed by atoms with E-state index in [9.17, 15) is 9.59 Å². The summed E-state index contributed by atoms with van der Waals surface area (Å²) in [4.78, 5) is 22.3. The molecule has 4 nitrogen and oxygen atoms in total. The number of carboxylic acid groups (broad SMARTS) is 1. The summed E-state index contributed by atoms with van der Waals surface area (Å²) in [6.45, 7) is 4.63. The minimum atomic E-state index is -0.886. The standard InChI is InChI=1S/C10H17NO3/c1-7(2)5-10(6-8(12)13)3-4-11-9(10)14/h7H,3-6H2,1-2H3,(H,11,14)(H,12,13). The molecule has 1 heterocycles. The van der Waals surface area contributed by atoms with Crippen LogP contribution >= 0.6 is 0 Å². The fraction of sp³-hybridized carbons (Fsp3) is 0.800. The molecule has 0 aromatic heterocycles. The van der Waals surface area contributed by atoms with E-state index in [0.29, 0.717) is 25.3 Å². The summed E-state index contributed by atoms with van der Waals surface area (Å²) in [5, 5.41) is 11.5. The van der Waals surface area contributed by atoms with Crippen molar-refractivity contribution in [2.75, 3.05) is 6.54 Å². The lowest BCUT2D eigenvalue weighted by Gasteiger charge is -2.25. The smallest absolute Gasteiger partial charge is 0.304 e. The highest BCUT2D eigenvalue weighted by Gasteiger charge is 2.44. The molecule has 0 aliphatic carbocycles. The Balaban J connectivity index is 2.78. The summed E-state index contributed by atoms with van der Waals surface area (Å²) in [6, 6.07) is 0. The maximum atomic E-state index is 11.6. The Morgan fingerprint density at radius 1 is 1.64 bits per heavy atom. The molecule has 4 heteroatoms. The van der Waals surface area contributed by atoms with Gasteiger partial charge in [-0.2, -0.15) is 0 Å². The lowest BCUT2D eigenvalue weighted by atomic mass is 9.76. The van der Waals surface area contributed by atoms with Crippen molar-refractivity contribution in [2.45, 2.75) is 33.1 Å². The lowest BCUT2D eigenvalue weighted by molar-refractivity contribution is -0.144. The molecule has 1 rings (SSSR count). The first kappa shape index (κ1) is 11.0. The van der Waals surface area contributed by atoms with Gasteiger partial charge < -0.3 is 10.4 Å². The minimum Gasteiger partial charge on any atom is -0.481 e. The van der Waals surface area contributed by atoms with Crippen molar-refractivity contribution in [3.63, 3.8) is 0 Å². The molecule has 1 atom stereocenters. The highest BCUT2D eigenvalue weighted by Crippen LogP contribution is 2.37. The summed E-state index contributed by atoms with van der Waals surface area (Å²) in [7, 11) is 0. The Labute approximate surface area is 83.7 Å². The van der Waals surface area contributed by atoms with E-state index in [-0.39, 0.29) is 12.3 Å². The number of nitrogens with one attached hydrogen (secondary N) is 1. The fourth-order valence-corrected chi connectivity index (χ4v) is 2.22. The zero-order valence-electron chi connectivity index (χ0n) is 8.67. The first-order valence-corrected chi connectivity index (χ1v) is 4.96. The van der Waals surface area contributed by atoms with Crippen LogP contribution in [0, 0.1) is 11.3 Å². The second kappa shape index (κ2) is 3.98. The number of aliphatic carboxylic acids is 1. The molecule has 0 bridgehead atoms. The zero-order valence-corrected chi connectivity index (χ0v) is 8.67. The summed E-state index contributed by atoms with van der Waals surface area (Å²) in [6.07, 6.45) is 1.26. The molecule has 1 unspecified atom stereocenters. The van der Waals surface area contributed by atoms with E-state index in [1.54, 1.807) is 0 Å². The van der Waals surface area contributed by atoms with Crippen molar-refractivity contribution in [1.82, 2.24) is 5.32 Å². The topological polar surface area (TPSA) is 66.4 Å². The Bertz CT molecular complexity index is 250. The van der Waals surface area contributed by atoms with E-state index < -0.39 is 11.4 Å². The molecule has 14 heavy (non-hydrogen) atoms. The SMILES string of the molecule is CC(C)CC1(CC(=O)O)CCNC1=O. The molecular formula is C10H17NO3. The fourth-order valence-electron chi connectivity index (χ4n) is 2.22. The highest BCUT2D eigenvalue weighted by atomic mass is 16.4. The molecule has 0 aromatic carbocycles. The van der Waals surface area contributed by atoms with Crippen LogP contribution in [0.4, 0.5) is 0 Å². The van der Waals surface area contributed by atoms with Gasteiger partial charge in [0.15, 0.2) is 0 Å². The summed E-state index contributed by atoms with van der Waals surface area (Å²) in [5.74, 6) is -0.630. The van der Waals surface area contributed by atoms with Crippen molar-refractivity contribution in [3.8, 4) is 0 Å². The maximum absolute atomic E-state index is 11.6. The quantitative estimate of drug-likeness (QED) is 0.710. The van der Waals surface area contributed by atoms with Crippen LogP contribution in [0.5, 0.6) is 0 Å². The van der Waals surface area contributed by atoms with Gasteiger partial charge in [0.1, 0.15) is 0 Å². The molecule has 1 amide bonds. The van der Waals surface area contributed by atoms with Gasteiger partial charge in [-0.1, -0.05) is 13.8 Å². The van der Waals surface area contributed by atoms with Gasteiger partial charge in [0.05, 0.1) is 11.8 Å². The van der Waals surface area contributed by atoms with E-state index in [4.69, 9.17) is 5.11 Å². The maximum Gasteiger partial charge on any atom is 0.304 e. The molecule has 0 aromatic rings. The van der Waals surface area contributed by atoms with Crippen LogP contribution in [0.3, 0.4) is 0 Å². The molecule has 0 saturated carbocycles. The Kier molecular flexibility index (Phi) is 3.13. The van der Waals surface area contributed by atoms with Crippen molar-refractivity contribution >= 4 is 11.9 Å². The third-order valence-electron chi connectivity index (χ3n) is 2.66. The van der Waals surface area contributed by atoms with Gasteiger partial charge in [-0.25, -0.2) is 0 Å². The largest absolute Gasteiger partial charge is 0.481 e. The second-order valence-electron chi connectivity index (χ2n) is 4.45. The molecule has 80 valence electrons. The number of carboxylic acids is 1. The van der Waals surface area contributed by atoms with Crippen LogP contribution in [0.2, 0.25) is 0 Å². The normalized spacial score (nSPS) is 26.6. The van der Waals surface area contributed by atoms with E-state index in [1.165, 1.54) is 0 Å². The Morgan fingerprint density at radius 2 is 2.29 bits per heavy atom. The van der Waals surface area contributed by atoms with Gasteiger partial charge >= 0.3 is 5.97 Å². The number of hydrogen-bond donors (Lipinski definition) is 2. The number of rotatable bonds is 4. The second-order valence-corrected chi connectivity index (χ2v) is 4.45. The predicted octanol–water partition coefficient (Wildman–Crippen LogP) is 1.01. The van der Waals surface area contributed by atoms with E-state index in [0.717, 1.165) is 0 Å². The van der Waals surface area contributed by atoms with E-state index in [2.05, 4.69) is 5.32 Å². The molecule has 1 aliphatic heterocycles. The van der Waals surface area contributed by atoms with Crippen molar-refractivity contribution in [3.05, 3.63) is 0 Å². The van der Waals surface area contributed by atoms with E-state index in [1.807, 2.05) is 13.8 Å². The van der Waals surface area contributed by atoms with Crippen LogP contribution in [-0.2, 0) is 9.59 Å². The van der Waals surface area contributed by atoms with Crippen LogP contribution in [0.15, 0.2) is 0 Å². The number of carbonyl (C=O) groups is 2. The van der Waals surface area contributed by atoms with Crippen molar-refractivity contribution in [1.29, 1.82) is 0 Å². The van der Waals surface area contributed by atoms with Gasteiger partial charge in [-0.3, -0.25) is 9.59 Å². The Morgan fingerprint density at radius 3 is 2.64 bits per heavy atom. The van der Waals surface area contributed by atoms with Gasteiger partial charge in [0.25, 0.3) is 0 Å². The first-order chi connectivity index (χ1) is 6.46. The zero-order chi connectivity index (χ0) is 10.8. The molecule has 0 spiro atoms. The molecule has 1 saturated heterocycles. The monoisotopic (exact) mass is 199 g/mol.